The molecular formula is C76H62O9. The van der Waals surface area contributed by atoms with Gasteiger partial charge in [-0.25, -0.2) is 0 Å². The van der Waals surface area contributed by atoms with Crippen molar-refractivity contribution in [3.05, 3.63) is 295 Å². The van der Waals surface area contributed by atoms with Crippen LogP contribution in [0.2, 0.25) is 0 Å². The molecule has 0 saturated carbocycles. The zero-order chi connectivity index (χ0) is 56.2. The fraction of sp³-hybridized carbons (Fsp3) is 0.211. The van der Waals surface area contributed by atoms with Gasteiger partial charge in [-0.3, -0.25) is 0 Å². The lowest BCUT2D eigenvalue weighted by Crippen LogP contribution is -2.27. The summed E-state index contributed by atoms with van der Waals surface area (Å²) < 4.78 is 60.0. The summed E-state index contributed by atoms with van der Waals surface area (Å²) in [6.07, 6.45) is 0. The lowest BCUT2D eigenvalue weighted by Gasteiger charge is -2.42. The van der Waals surface area contributed by atoms with Gasteiger partial charge in [0.1, 0.15) is 74.1 Å². The molecular weight excluding hydrogens is 1060 g/mol. The summed E-state index contributed by atoms with van der Waals surface area (Å²) in [4.78, 5) is 0. The second-order valence-electron chi connectivity index (χ2n) is 22.8. The van der Waals surface area contributed by atoms with Crippen molar-refractivity contribution in [1.29, 1.82) is 0 Å². The Balaban J connectivity index is 0.860. The van der Waals surface area contributed by atoms with Crippen LogP contribution < -0.4 is 28.4 Å². The molecule has 0 fully saturated rings. The molecule has 6 aliphatic carbocycles. The SMILES string of the molecule is c1ccc(-c2cc3c4c(c2)COc2ccc5c(c2)C2c6ccccc6C5c5ccc(cc52)OCc2cc(-c5ccccc5)cc(c2OCCOCCOCCOCCO4)COc2ccc4c(c2)C2c5ccccc5C4c4ccc(cc42)OC3)cc1. The molecule has 9 aliphatic rings. The van der Waals surface area contributed by atoms with Crippen LogP contribution in [0.3, 0.4) is 0 Å². The predicted molar refractivity (Wildman–Crippen MR) is 327 cm³/mol. The van der Waals surface area contributed by atoms with Crippen molar-refractivity contribution < 1.29 is 42.6 Å². The highest BCUT2D eigenvalue weighted by atomic mass is 16.6. The average molecular weight is 1120 g/mol. The van der Waals surface area contributed by atoms with Crippen LogP contribution in [0.25, 0.3) is 22.3 Å². The van der Waals surface area contributed by atoms with E-state index in [4.69, 9.17) is 42.6 Å². The third-order valence-corrected chi connectivity index (χ3v) is 17.9. The van der Waals surface area contributed by atoms with Gasteiger partial charge in [-0.15, -0.1) is 0 Å². The van der Waals surface area contributed by atoms with Crippen LogP contribution in [0.4, 0.5) is 0 Å². The van der Waals surface area contributed by atoms with Crippen LogP contribution in [0.15, 0.2) is 206 Å². The summed E-state index contributed by atoms with van der Waals surface area (Å²) in [5.74, 6) is 4.61. The lowest BCUT2D eigenvalue weighted by atomic mass is 9.61. The van der Waals surface area contributed by atoms with Crippen LogP contribution in [0.1, 0.15) is 113 Å². The maximum Gasteiger partial charge on any atom is 0.132 e. The van der Waals surface area contributed by atoms with Gasteiger partial charge in [0.15, 0.2) is 0 Å². The van der Waals surface area contributed by atoms with Crippen molar-refractivity contribution in [1.82, 2.24) is 0 Å². The zero-order valence-corrected chi connectivity index (χ0v) is 47.1. The molecule has 0 atom stereocenters. The van der Waals surface area contributed by atoms with Gasteiger partial charge in [-0.2, -0.15) is 0 Å². The summed E-state index contributed by atoms with van der Waals surface area (Å²) >= 11 is 0. The highest BCUT2D eigenvalue weighted by Crippen LogP contribution is 2.59. The predicted octanol–water partition coefficient (Wildman–Crippen LogP) is 15.4. The summed E-state index contributed by atoms with van der Waals surface area (Å²) in [5, 5.41) is 0. The number of rotatable bonds is 2. The van der Waals surface area contributed by atoms with Crippen molar-refractivity contribution in [3.63, 3.8) is 0 Å². The smallest absolute Gasteiger partial charge is 0.132 e. The van der Waals surface area contributed by atoms with E-state index in [1.54, 1.807) is 0 Å². The van der Waals surface area contributed by atoms with Crippen LogP contribution in [0, 0.1) is 0 Å². The molecule has 0 saturated heterocycles. The molecule has 0 aromatic heterocycles. The van der Waals surface area contributed by atoms with Crippen molar-refractivity contribution >= 4 is 0 Å². The van der Waals surface area contributed by atoms with Gasteiger partial charge in [-0.1, -0.05) is 133 Å². The third-order valence-electron chi connectivity index (χ3n) is 17.9. The Kier molecular flexibility index (Phi) is 13.4. The fourth-order valence-electron chi connectivity index (χ4n) is 14.2. The first-order valence-electron chi connectivity index (χ1n) is 29.8. The van der Waals surface area contributed by atoms with Crippen LogP contribution >= 0.6 is 0 Å². The van der Waals surface area contributed by atoms with Gasteiger partial charge in [-0.05, 0) is 162 Å². The first-order chi connectivity index (χ1) is 42.1. The molecule has 18 bridgehead atoms. The summed E-state index contributed by atoms with van der Waals surface area (Å²) in [6, 6.07) is 74.3. The van der Waals surface area contributed by atoms with Crippen LogP contribution in [-0.4, -0.2) is 52.9 Å². The van der Waals surface area contributed by atoms with Gasteiger partial charge in [0.25, 0.3) is 0 Å². The standard InChI is InChI=1S/C76H62O9/c1-3-11-47(12-4-1)49-35-51-43-82-55-19-23-63-67(39-55)73-61-17-9-7-15-59(61)71(63)65-25-21-57(41-69(65)73)84-45-53-37-50(48-13-5-2-6-14-48)38-54-46-85-58-22-26-66-70(42-58)74-62-18-10-8-16-60(62)72(66)64-24-20-56(40-68(64)74)83-44-52(36-49)75(51)80-33-31-78-29-27-77-28-30-79-32-34-81-76(53)54/h1-26,35-42,71-74H,27-34,43-46H2. The van der Waals surface area contributed by atoms with E-state index in [0.717, 1.165) is 79.0 Å². The summed E-state index contributed by atoms with van der Waals surface area (Å²) in [7, 11) is 0. The van der Waals surface area contributed by atoms with E-state index in [0.29, 0.717) is 52.9 Å². The number of ether oxygens (including phenoxy) is 9. The Morgan fingerprint density at radius 1 is 0.212 bits per heavy atom. The average Bonchev–Trinajstić information content (AvgIpc) is 1.00. The summed E-state index contributed by atoms with van der Waals surface area (Å²) in [5.41, 5.74) is 23.3. The molecule has 10 aromatic rings. The van der Waals surface area contributed by atoms with Crippen molar-refractivity contribution in [2.45, 2.75) is 50.1 Å². The first kappa shape index (κ1) is 51.5. The monoisotopic (exact) mass is 1120 g/mol. The molecule has 0 N–H and O–H groups in total. The molecule has 3 aliphatic heterocycles. The molecule has 10 aromatic carbocycles. The third kappa shape index (κ3) is 9.48. The molecule has 19 rings (SSSR count). The molecule has 85 heavy (non-hydrogen) atoms. The van der Waals surface area contributed by atoms with E-state index in [9.17, 15) is 0 Å². The van der Waals surface area contributed by atoms with E-state index in [-0.39, 0.29) is 50.1 Å². The lowest BCUT2D eigenvalue weighted by molar-refractivity contribution is 0.00469. The van der Waals surface area contributed by atoms with Crippen LogP contribution in [-0.2, 0) is 40.6 Å². The van der Waals surface area contributed by atoms with Gasteiger partial charge in [0, 0.05) is 45.9 Å². The van der Waals surface area contributed by atoms with Gasteiger partial charge in [0.2, 0.25) is 0 Å². The minimum atomic E-state index is -0.0371. The maximum atomic E-state index is 7.01. The largest absolute Gasteiger partial charge is 0.490 e. The Labute approximate surface area is 495 Å². The Bertz CT molecular complexity index is 3750. The second kappa shape index (κ2) is 22.1. The summed E-state index contributed by atoms with van der Waals surface area (Å²) in [6.45, 7) is 4.01. The van der Waals surface area contributed by atoms with Gasteiger partial charge in [0.05, 0.1) is 39.6 Å². The first-order valence-corrected chi connectivity index (χ1v) is 29.8. The number of hydrogen-bond donors (Lipinski definition) is 0. The molecule has 0 spiro atoms. The highest BCUT2D eigenvalue weighted by Gasteiger charge is 2.43. The highest BCUT2D eigenvalue weighted by molar-refractivity contribution is 5.73. The Morgan fingerprint density at radius 3 is 0.776 bits per heavy atom. The number of hydrogen-bond acceptors (Lipinski definition) is 9. The molecule has 0 radical (unpaired) electrons. The zero-order valence-electron chi connectivity index (χ0n) is 47.1. The minimum Gasteiger partial charge on any atom is -0.490 e. The Morgan fingerprint density at radius 2 is 0.471 bits per heavy atom. The van der Waals surface area contributed by atoms with E-state index >= 15 is 0 Å². The molecule has 9 nitrogen and oxygen atoms in total. The van der Waals surface area contributed by atoms with Crippen LogP contribution in [0.5, 0.6) is 34.5 Å². The van der Waals surface area contributed by atoms with Crippen molar-refractivity contribution in [3.8, 4) is 56.8 Å². The normalized spacial score (nSPS) is 19.2. The topological polar surface area (TPSA) is 83.1 Å². The molecule has 3 heterocycles. The molecule has 0 amide bonds. The van der Waals surface area contributed by atoms with E-state index < -0.39 is 0 Å². The fourth-order valence-corrected chi connectivity index (χ4v) is 14.2. The van der Waals surface area contributed by atoms with Gasteiger partial charge < -0.3 is 42.6 Å². The molecule has 9 heteroatoms. The van der Waals surface area contributed by atoms with E-state index in [1.807, 2.05) is 0 Å². The quantitative estimate of drug-likeness (QED) is 0.157. The van der Waals surface area contributed by atoms with Gasteiger partial charge >= 0.3 is 0 Å². The van der Waals surface area contributed by atoms with E-state index in [2.05, 4.69) is 206 Å². The Hall–Kier alpha value is -9.12. The van der Waals surface area contributed by atoms with E-state index in [1.165, 1.54) is 66.8 Å². The van der Waals surface area contributed by atoms with Crippen molar-refractivity contribution in [2.75, 3.05) is 52.9 Å². The number of fused-ring (bicyclic) bond motifs is 16. The second-order valence-corrected chi connectivity index (χ2v) is 22.8. The maximum absolute atomic E-state index is 7.01. The van der Waals surface area contributed by atoms with Crippen molar-refractivity contribution in [2.24, 2.45) is 0 Å². The number of benzene rings is 10. The molecule has 0 unspecified atom stereocenters. The molecule has 420 valence electrons. The minimum absolute atomic E-state index is 0.0371.